The van der Waals surface area contributed by atoms with E-state index in [-0.39, 0.29) is 5.84 Å². The van der Waals surface area contributed by atoms with Crippen molar-refractivity contribution in [3.8, 4) is 0 Å². The highest BCUT2D eigenvalue weighted by atomic mass is 35.5. The number of amidine groups is 1. The zero-order valence-electron chi connectivity index (χ0n) is 11.3. The third kappa shape index (κ3) is 4.10. The van der Waals surface area contributed by atoms with E-state index in [1.54, 1.807) is 12.1 Å². The van der Waals surface area contributed by atoms with E-state index in [1.165, 1.54) is 0 Å². The Labute approximate surface area is 123 Å². The Balaban J connectivity index is 1.80. The summed E-state index contributed by atoms with van der Waals surface area (Å²) in [5.74, 6) is 0.744. The summed E-state index contributed by atoms with van der Waals surface area (Å²) >= 11 is 6.18. The molecule has 4 N–H and O–H groups in total. The highest BCUT2D eigenvalue weighted by Gasteiger charge is 2.14. The maximum atomic E-state index is 8.62. The molecule has 0 bridgehead atoms. The number of ether oxygens (including phenoxy) is 1. The molecule has 0 amide bonds. The van der Waals surface area contributed by atoms with Crippen molar-refractivity contribution in [2.45, 2.75) is 19.4 Å². The average molecular weight is 298 g/mol. The van der Waals surface area contributed by atoms with Crippen LogP contribution in [-0.4, -0.2) is 30.8 Å². The van der Waals surface area contributed by atoms with Crippen LogP contribution in [0, 0.1) is 5.92 Å². The number of hydrogen-bond acceptors (Lipinski definition) is 4. The van der Waals surface area contributed by atoms with Crippen molar-refractivity contribution in [3.05, 3.63) is 34.3 Å². The van der Waals surface area contributed by atoms with Gasteiger partial charge in [-0.2, -0.15) is 0 Å². The molecule has 1 heterocycles. The number of oxime groups is 1. The quantitative estimate of drug-likeness (QED) is 0.246. The first-order chi connectivity index (χ1) is 9.70. The molecule has 1 atom stereocenters. The fraction of sp³-hybridized carbons (Fsp3) is 0.500. The number of nitrogens with one attached hydrogen (secondary N) is 1. The van der Waals surface area contributed by atoms with Gasteiger partial charge in [-0.05, 0) is 36.9 Å². The Morgan fingerprint density at radius 2 is 2.40 bits per heavy atom. The number of benzene rings is 1. The molecular formula is C14H20ClN3O2. The molecule has 0 aromatic heterocycles. The summed E-state index contributed by atoms with van der Waals surface area (Å²) in [5.41, 5.74) is 7.14. The Morgan fingerprint density at radius 1 is 1.55 bits per heavy atom. The number of halogens is 1. The molecule has 1 unspecified atom stereocenters. The molecular weight excluding hydrogens is 278 g/mol. The van der Waals surface area contributed by atoms with Crippen molar-refractivity contribution < 1.29 is 9.94 Å². The second-order valence-electron chi connectivity index (χ2n) is 4.99. The van der Waals surface area contributed by atoms with Crippen LogP contribution in [-0.2, 0) is 11.3 Å². The molecule has 5 nitrogen and oxygen atoms in total. The summed E-state index contributed by atoms with van der Waals surface area (Å²) in [6.07, 6.45) is 2.29. The van der Waals surface area contributed by atoms with Gasteiger partial charge in [0.25, 0.3) is 0 Å². The zero-order valence-corrected chi connectivity index (χ0v) is 12.1. The van der Waals surface area contributed by atoms with Crippen LogP contribution in [0.2, 0.25) is 5.02 Å². The monoisotopic (exact) mass is 297 g/mol. The Kier molecular flexibility index (Phi) is 5.64. The first kappa shape index (κ1) is 15.1. The first-order valence-corrected chi connectivity index (χ1v) is 7.13. The summed E-state index contributed by atoms with van der Waals surface area (Å²) in [4.78, 5) is 0. The van der Waals surface area contributed by atoms with Crippen LogP contribution in [0.15, 0.2) is 23.4 Å². The van der Waals surface area contributed by atoms with Gasteiger partial charge >= 0.3 is 0 Å². The molecule has 2 rings (SSSR count). The summed E-state index contributed by atoms with van der Waals surface area (Å²) in [6, 6.07) is 5.39. The van der Waals surface area contributed by atoms with Gasteiger partial charge in [-0.15, -0.1) is 0 Å². The molecule has 1 fully saturated rings. The molecule has 20 heavy (non-hydrogen) atoms. The van der Waals surface area contributed by atoms with E-state index in [0.717, 1.165) is 38.2 Å². The Bertz CT molecular complexity index is 473. The normalized spacial score (nSPS) is 19.4. The van der Waals surface area contributed by atoms with Crippen molar-refractivity contribution in [2.75, 3.05) is 19.8 Å². The highest BCUT2D eigenvalue weighted by Crippen LogP contribution is 2.18. The fourth-order valence-electron chi connectivity index (χ4n) is 2.25. The largest absolute Gasteiger partial charge is 0.409 e. The van der Waals surface area contributed by atoms with Crippen LogP contribution in [0.3, 0.4) is 0 Å². The highest BCUT2D eigenvalue weighted by molar-refractivity contribution is 6.31. The number of nitrogens with zero attached hydrogens (tertiary/aromatic N) is 1. The number of hydrogen-bond donors (Lipinski definition) is 3. The number of nitrogens with two attached hydrogens (primary N) is 1. The molecule has 0 radical (unpaired) electrons. The van der Waals surface area contributed by atoms with E-state index < -0.39 is 0 Å². The maximum absolute atomic E-state index is 8.62. The van der Waals surface area contributed by atoms with E-state index in [2.05, 4.69) is 10.5 Å². The van der Waals surface area contributed by atoms with Gasteiger partial charge in [0.05, 0.1) is 0 Å². The summed E-state index contributed by atoms with van der Waals surface area (Å²) in [6.45, 7) is 3.44. The lowest BCUT2D eigenvalue weighted by Crippen LogP contribution is -2.18. The van der Waals surface area contributed by atoms with Crippen LogP contribution >= 0.6 is 11.6 Å². The van der Waals surface area contributed by atoms with E-state index >= 15 is 0 Å². The minimum atomic E-state index is 0.0626. The molecule has 1 aromatic carbocycles. The van der Waals surface area contributed by atoms with Gasteiger partial charge in [-0.1, -0.05) is 28.9 Å². The summed E-state index contributed by atoms with van der Waals surface area (Å²) in [7, 11) is 0. The lowest BCUT2D eigenvalue weighted by atomic mass is 10.1. The topological polar surface area (TPSA) is 79.9 Å². The van der Waals surface area contributed by atoms with E-state index in [9.17, 15) is 0 Å². The van der Waals surface area contributed by atoms with Crippen LogP contribution in [0.1, 0.15) is 24.0 Å². The van der Waals surface area contributed by atoms with Gasteiger partial charge in [-0.3, -0.25) is 0 Å². The van der Waals surface area contributed by atoms with E-state index in [4.69, 9.17) is 27.3 Å². The smallest absolute Gasteiger partial charge is 0.170 e. The average Bonchev–Trinajstić information content (AvgIpc) is 2.97. The van der Waals surface area contributed by atoms with Crippen molar-refractivity contribution in [1.29, 1.82) is 0 Å². The standard InChI is InChI=1S/C14H20ClN3O2/c15-13-7-11(14(16)18-19)1-2-12(13)8-17-5-3-10-4-6-20-9-10/h1-2,7,10,17,19H,3-6,8-9H2,(H2,16,18). The maximum Gasteiger partial charge on any atom is 0.170 e. The van der Waals surface area contributed by atoms with Crippen molar-refractivity contribution in [2.24, 2.45) is 16.8 Å². The lowest BCUT2D eigenvalue weighted by molar-refractivity contribution is 0.184. The first-order valence-electron chi connectivity index (χ1n) is 6.75. The summed E-state index contributed by atoms with van der Waals surface area (Å²) in [5, 5.41) is 15.6. The van der Waals surface area contributed by atoms with Gasteiger partial charge in [-0.25, -0.2) is 0 Å². The van der Waals surface area contributed by atoms with E-state index in [1.807, 2.05) is 6.07 Å². The van der Waals surface area contributed by atoms with Crippen LogP contribution < -0.4 is 11.1 Å². The Morgan fingerprint density at radius 3 is 3.05 bits per heavy atom. The van der Waals surface area contributed by atoms with Crippen molar-refractivity contribution >= 4 is 17.4 Å². The van der Waals surface area contributed by atoms with Crippen LogP contribution in [0.4, 0.5) is 0 Å². The second kappa shape index (κ2) is 7.47. The van der Waals surface area contributed by atoms with Gasteiger partial charge in [0.1, 0.15) is 0 Å². The SMILES string of the molecule is N/C(=N/O)c1ccc(CNCCC2CCOC2)c(Cl)c1. The molecule has 1 saturated heterocycles. The molecule has 0 spiro atoms. The lowest BCUT2D eigenvalue weighted by Gasteiger charge is -2.10. The molecule has 0 saturated carbocycles. The van der Waals surface area contributed by atoms with Gasteiger partial charge in [0.2, 0.25) is 0 Å². The number of rotatable bonds is 6. The summed E-state index contributed by atoms with van der Waals surface area (Å²) < 4.78 is 5.35. The predicted octanol–water partition coefficient (Wildman–Crippen LogP) is 1.95. The predicted molar refractivity (Wildman–Crippen MR) is 79.2 cm³/mol. The van der Waals surface area contributed by atoms with E-state index in [0.29, 0.717) is 23.0 Å². The van der Waals surface area contributed by atoms with Gasteiger partial charge < -0.3 is 21.0 Å². The molecule has 0 aliphatic carbocycles. The molecule has 1 aliphatic heterocycles. The fourth-order valence-corrected chi connectivity index (χ4v) is 2.50. The minimum Gasteiger partial charge on any atom is -0.409 e. The molecule has 6 heteroatoms. The zero-order chi connectivity index (χ0) is 14.4. The van der Waals surface area contributed by atoms with Gasteiger partial charge in [0, 0.05) is 30.3 Å². The van der Waals surface area contributed by atoms with Crippen molar-refractivity contribution in [1.82, 2.24) is 5.32 Å². The van der Waals surface area contributed by atoms with Crippen molar-refractivity contribution in [3.63, 3.8) is 0 Å². The minimum absolute atomic E-state index is 0.0626. The molecule has 110 valence electrons. The molecule has 1 aromatic rings. The Hall–Kier alpha value is -1.30. The van der Waals surface area contributed by atoms with Crippen LogP contribution in [0.5, 0.6) is 0 Å². The second-order valence-corrected chi connectivity index (χ2v) is 5.39. The molecule has 1 aliphatic rings. The van der Waals surface area contributed by atoms with Crippen LogP contribution in [0.25, 0.3) is 0 Å². The third-order valence-electron chi connectivity index (χ3n) is 3.53. The van der Waals surface area contributed by atoms with Gasteiger partial charge in [0.15, 0.2) is 5.84 Å². The third-order valence-corrected chi connectivity index (χ3v) is 3.88.